The predicted molar refractivity (Wildman–Crippen MR) is 51.1 cm³/mol. The SMILES string of the molecule is CC(C)COC(=O)C1(CN)CCC1. The van der Waals surface area contributed by atoms with Gasteiger partial charge in [-0.25, -0.2) is 0 Å². The van der Waals surface area contributed by atoms with Crippen molar-refractivity contribution in [2.45, 2.75) is 33.1 Å². The summed E-state index contributed by atoms with van der Waals surface area (Å²) in [6, 6.07) is 0. The van der Waals surface area contributed by atoms with E-state index >= 15 is 0 Å². The van der Waals surface area contributed by atoms with Crippen LogP contribution in [0.4, 0.5) is 0 Å². The minimum atomic E-state index is -0.325. The van der Waals surface area contributed by atoms with E-state index in [0.717, 1.165) is 19.3 Å². The fourth-order valence-electron chi connectivity index (χ4n) is 1.49. The Labute approximate surface area is 79.6 Å². The fraction of sp³-hybridized carbons (Fsp3) is 0.900. The van der Waals surface area contributed by atoms with Gasteiger partial charge in [0.25, 0.3) is 0 Å². The largest absolute Gasteiger partial charge is 0.465 e. The molecule has 1 fully saturated rings. The molecule has 0 atom stereocenters. The molecule has 3 heteroatoms. The Balaban J connectivity index is 2.37. The highest BCUT2D eigenvalue weighted by atomic mass is 16.5. The van der Waals surface area contributed by atoms with E-state index in [-0.39, 0.29) is 11.4 Å². The van der Waals surface area contributed by atoms with Crippen molar-refractivity contribution in [1.82, 2.24) is 0 Å². The lowest BCUT2D eigenvalue weighted by molar-refractivity contribution is -0.161. The number of ether oxygens (including phenoxy) is 1. The van der Waals surface area contributed by atoms with Crippen LogP contribution in [-0.2, 0) is 9.53 Å². The van der Waals surface area contributed by atoms with Crippen LogP contribution in [0, 0.1) is 11.3 Å². The van der Waals surface area contributed by atoms with Gasteiger partial charge in [0, 0.05) is 6.54 Å². The molecule has 0 aromatic carbocycles. The van der Waals surface area contributed by atoms with Crippen molar-refractivity contribution in [3.05, 3.63) is 0 Å². The molecule has 0 radical (unpaired) electrons. The first kappa shape index (κ1) is 10.5. The number of carbonyl (C=O) groups excluding carboxylic acids is 1. The maximum atomic E-state index is 11.6. The van der Waals surface area contributed by atoms with Crippen LogP contribution in [-0.4, -0.2) is 19.1 Å². The normalized spacial score (nSPS) is 19.7. The third-order valence-electron chi connectivity index (χ3n) is 2.68. The number of hydrogen-bond donors (Lipinski definition) is 1. The Hall–Kier alpha value is -0.570. The summed E-state index contributed by atoms with van der Waals surface area (Å²) in [7, 11) is 0. The van der Waals surface area contributed by atoms with Crippen LogP contribution in [0.1, 0.15) is 33.1 Å². The summed E-state index contributed by atoms with van der Waals surface area (Å²) < 4.78 is 5.18. The number of hydrogen-bond acceptors (Lipinski definition) is 3. The lowest BCUT2D eigenvalue weighted by Crippen LogP contribution is -2.45. The Kier molecular flexibility index (Phi) is 3.31. The van der Waals surface area contributed by atoms with Crippen LogP contribution in [0.5, 0.6) is 0 Å². The van der Waals surface area contributed by atoms with Gasteiger partial charge in [0.15, 0.2) is 0 Å². The highest BCUT2D eigenvalue weighted by molar-refractivity contribution is 5.78. The first-order valence-corrected chi connectivity index (χ1v) is 4.98. The van der Waals surface area contributed by atoms with E-state index < -0.39 is 0 Å². The third-order valence-corrected chi connectivity index (χ3v) is 2.68. The van der Waals surface area contributed by atoms with E-state index in [1.165, 1.54) is 0 Å². The van der Waals surface area contributed by atoms with Gasteiger partial charge in [-0.2, -0.15) is 0 Å². The van der Waals surface area contributed by atoms with Crippen molar-refractivity contribution in [1.29, 1.82) is 0 Å². The average Bonchev–Trinajstić information content (AvgIpc) is 2.00. The van der Waals surface area contributed by atoms with Crippen LogP contribution < -0.4 is 5.73 Å². The first-order chi connectivity index (χ1) is 6.10. The van der Waals surface area contributed by atoms with Crippen LogP contribution in [0.2, 0.25) is 0 Å². The molecule has 0 aromatic heterocycles. The van der Waals surface area contributed by atoms with Crippen molar-refractivity contribution < 1.29 is 9.53 Å². The quantitative estimate of drug-likeness (QED) is 0.672. The Bertz CT molecular complexity index is 180. The Morgan fingerprint density at radius 2 is 2.15 bits per heavy atom. The van der Waals surface area contributed by atoms with Crippen LogP contribution >= 0.6 is 0 Å². The van der Waals surface area contributed by atoms with E-state index in [0.29, 0.717) is 19.1 Å². The monoisotopic (exact) mass is 185 g/mol. The second-order valence-corrected chi connectivity index (χ2v) is 4.33. The zero-order chi connectivity index (χ0) is 9.90. The molecule has 76 valence electrons. The van der Waals surface area contributed by atoms with Gasteiger partial charge in [0.05, 0.1) is 12.0 Å². The summed E-state index contributed by atoms with van der Waals surface area (Å²) in [5.74, 6) is 0.314. The summed E-state index contributed by atoms with van der Waals surface area (Å²) in [6.07, 6.45) is 2.91. The van der Waals surface area contributed by atoms with Gasteiger partial charge in [-0.15, -0.1) is 0 Å². The van der Waals surface area contributed by atoms with Gasteiger partial charge in [0.1, 0.15) is 0 Å². The second kappa shape index (κ2) is 4.09. The van der Waals surface area contributed by atoms with Gasteiger partial charge in [-0.05, 0) is 18.8 Å². The molecule has 0 bridgehead atoms. The number of rotatable bonds is 4. The highest BCUT2D eigenvalue weighted by Gasteiger charge is 2.44. The van der Waals surface area contributed by atoms with Crippen molar-refractivity contribution >= 4 is 5.97 Å². The lowest BCUT2D eigenvalue weighted by Gasteiger charge is -2.38. The average molecular weight is 185 g/mol. The zero-order valence-corrected chi connectivity index (χ0v) is 8.51. The molecule has 13 heavy (non-hydrogen) atoms. The number of nitrogens with two attached hydrogens (primary N) is 1. The van der Waals surface area contributed by atoms with Gasteiger partial charge in [-0.3, -0.25) is 4.79 Å². The predicted octanol–water partition coefficient (Wildman–Crippen LogP) is 1.31. The molecule has 3 nitrogen and oxygen atoms in total. The maximum absolute atomic E-state index is 11.6. The molecule has 0 saturated heterocycles. The standard InChI is InChI=1S/C10H19NO2/c1-8(2)6-13-9(12)10(7-11)4-3-5-10/h8H,3-7,11H2,1-2H3. The first-order valence-electron chi connectivity index (χ1n) is 4.98. The van der Waals surface area contributed by atoms with E-state index in [1.807, 2.05) is 13.8 Å². The fourth-order valence-corrected chi connectivity index (χ4v) is 1.49. The van der Waals surface area contributed by atoms with E-state index in [2.05, 4.69) is 0 Å². The van der Waals surface area contributed by atoms with E-state index in [1.54, 1.807) is 0 Å². The molecule has 0 unspecified atom stereocenters. The molecule has 0 aliphatic heterocycles. The minimum absolute atomic E-state index is 0.0880. The Morgan fingerprint density at radius 1 is 1.54 bits per heavy atom. The van der Waals surface area contributed by atoms with E-state index in [4.69, 9.17) is 10.5 Å². The summed E-state index contributed by atoms with van der Waals surface area (Å²) >= 11 is 0. The third kappa shape index (κ3) is 2.21. The molecule has 2 N–H and O–H groups in total. The van der Waals surface area contributed by atoms with Crippen molar-refractivity contribution in [2.75, 3.05) is 13.2 Å². The summed E-state index contributed by atoms with van der Waals surface area (Å²) in [5.41, 5.74) is 5.25. The molecule has 0 spiro atoms. The zero-order valence-electron chi connectivity index (χ0n) is 8.51. The van der Waals surface area contributed by atoms with Crippen LogP contribution in [0.3, 0.4) is 0 Å². The molecule has 0 aromatic rings. The lowest BCUT2D eigenvalue weighted by atomic mass is 9.69. The molecule has 0 amide bonds. The van der Waals surface area contributed by atoms with Crippen molar-refractivity contribution in [3.63, 3.8) is 0 Å². The molecule has 1 aliphatic carbocycles. The van der Waals surface area contributed by atoms with Gasteiger partial charge >= 0.3 is 5.97 Å². The molecular weight excluding hydrogens is 166 g/mol. The summed E-state index contributed by atoms with van der Waals surface area (Å²) in [5, 5.41) is 0. The van der Waals surface area contributed by atoms with Crippen LogP contribution in [0.15, 0.2) is 0 Å². The summed E-state index contributed by atoms with van der Waals surface area (Å²) in [6.45, 7) is 5.01. The smallest absolute Gasteiger partial charge is 0.313 e. The van der Waals surface area contributed by atoms with E-state index in [9.17, 15) is 4.79 Å². The molecule has 1 saturated carbocycles. The second-order valence-electron chi connectivity index (χ2n) is 4.33. The van der Waals surface area contributed by atoms with Crippen LogP contribution in [0.25, 0.3) is 0 Å². The highest BCUT2D eigenvalue weighted by Crippen LogP contribution is 2.40. The molecular formula is C10H19NO2. The molecule has 0 heterocycles. The van der Waals surface area contributed by atoms with Gasteiger partial charge < -0.3 is 10.5 Å². The number of esters is 1. The van der Waals surface area contributed by atoms with Gasteiger partial charge in [-0.1, -0.05) is 20.3 Å². The van der Waals surface area contributed by atoms with Crippen molar-refractivity contribution in [2.24, 2.45) is 17.1 Å². The van der Waals surface area contributed by atoms with Crippen molar-refractivity contribution in [3.8, 4) is 0 Å². The van der Waals surface area contributed by atoms with Gasteiger partial charge in [0.2, 0.25) is 0 Å². The molecule has 1 rings (SSSR count). The maximum Gasteiger partial charge on any atom is 0.313 e. The summed E-state index contributed by atoms with van der Waals surface area (Å²) in [4.78, 5) is 11.6. The Morgan fingerprint density at radius 3 is 2.46 bits per heavy atom. The topological polar surface area (TPSA) is 52.3 Å². The minimum Gasteiger partial charge on any atom is -0.465 e. The molecule has 1 aliphatic rings. The number of carbonyl (C=O) groups is 1.